The second kappa shape index (κ2) is 16.2. The molecule has 0 radical (unpaired) electrons. The minimum Gasteiger partial charge on any atom is -0.462 e. The Morgan fingerprint density at radius 1 is 1.06 bits per heavy atom. The van der Waals surface area contributed by atoms with Crippen molar-refractivity contribution in [3.8, 4) is 0 Å². The number of nitrogens with zero attached hydrogens (tertiary/aromatic N) is 1. The van der Waals surface area contributed by atoms with Crippen LogP contribution < -0.4 is 0 Å². The zero-order valence-electron chi connectivity index (χ0n) is 20.7. The maximum Gasteiger partial charge on any atom is 0.305 e. The first-order chi connectivity index (χ1) is 14.6. The molecule has 7 heteroatoms. The highest BCUT2D eigenvalue weighted by Crippen LogP contribution is 2.28. The molecule has 0 aromatic rings. The number of rotatable bonds is 17. The molecule has 0 aliphatic heterocycles. The number of hydrogen-bond acceptors (Lipinski definition) is 6. The van der Waals surface area contributed by atoms with Crippen molar-refractivity contribution < 1.29 is 28.9 Å². The molecule has 0 heterocycles. The molecule has 0 aromatic heterocycles. The maximum absolute atomic E-state index is 12.1. The monoisotopic (exact) mass is 443 g/mol. The van der Waals surface area contributed by atoms with Crippen molar-refractivity contribution >= 4 is 12.4 Å². The molecule has 0 aliphatic carbocycles. The summed E-state index contributed by atoms with van der Waals surface area (Å²) >= 11 is 0. The van der Waals surface area contributed by atoms with Crippen molar-refractivity contribution in [3.63, 3.8) is 0 Å². The minimum absolute atomic E-state index is 0.0223. The number of amides is 1. The average Bonchev–Trinajstić information content (AvgIpc) is 2.77. The molecule has 31 heavy (non-hydrogen) atoms. The zero-order valence-corrected chi connectivity index (χ0v) is 20.7. The van der Waals surface area contributed by atoms with E-state index in [0.29, 0.717) is 25.7 Å². The molecule has 0 saturated carbocycles. The van der Waals surface area contributed by atoms with Crippen LogP contribution in [0.2, 0.25) is 0 Å². The van der Waals surface area contributed by atoms with Crippen LogP contribution >= 0.6 is 0 Å². The molecule has 182 valence electrons. The van der Waals surface area contributed by atoms with Gasteiger partial charge in [0, 0.05) is 45.7 Å². The number of methoxy groups -OCH3 is 2. The number of aliphatic hydroxyl groups is 1. The maximum atomic E-state index is 12.1. The number of ether oxygens (including phenoxy) is 3. The van der Waals surface area contributed by atoms with Crippen LogP contribution in [0.3, 0.4) is 0 Å². The van der Waals surface area contributed by atoms with Crippen molar-refractivity contribution in [3.05, 3.63) is 12.3 Å². The lowest BCUT2D eigenvalue weighted by Gasteiger charge is -2.34. The first-order valence-corrected chi connectivity index (χ1v) is 11.4. The highest BCUT2D eigenvalue weighted by molar-refractivity contribution is 5.69. The lowest BCUT2D eigenvalue weighted by Crippen LogP contribution is -2.38. The molecule has 1 N–H and O–H groups in total. The Morgan fingerprint density at radius 2 is 1.71 bits per heavy atom. The van der Waals surface area contributed by atoms with Crippen molar-refractivity contribution in [2.24, 2.45) is 17.8 Å². The van der Waals surface area contributed by atoms with Crippen molar-refractivity contribution in [1.82, 2.24) is 4.90 Å². The van der Waals surface area contributed by atoms with Gasteiger partial charge in [0.15, 0.2) is 0 Å². The molecule has 0 aromatic carbocycles. The van der Waals surface area contributed by atoms with Crippen molar-refractivity contribution in [1.29, 1.82) is 0 Å². The van der Waals surface area contributed by atoms with Crippen LogP contribution in [0.4, 0.5) is 0 Å². The van der Waals surface area contributed by atoms with Gasteiger partial charge in [0.1, 0.15) is 6.10 Å². The van der Waals surface area contributed by atoms with E-state index in [-0.39, 0.29) is 48.1 Å². The van der Waals surface area contributed by atoms with E-state index in [4.69, 9.17) is 14.2 Å². The molecule has 0 saturated heterocycles. The summed E-state index contributed by atoms with van der Waals surface area (Å²) < 4.78 is 17.2. The molecule has 0 spiro atoms. The van der Waals surface area contributed by atoms with E-state index in [1.54, 1.807) is 34.4 Å². The second-order valence-electron chi connectivity index (χ2n) is 8.54. The molecule has 0 bridgehead atoms. The fraction of sp³-hybridized carbons (Fsp3) is 0.833. The number of aliphatic hydroxyl groups excluding tert-OH is 1. The van der Waals surface area contributed by atoms with Crippen LogP contribution in [0.5, 0.6) is 0 Å². The molecule has 0 rings (SSSR count). The summed E-state index contributed by atoms with van der Waals surface area (Å²) in [6, 6.07) is 0. The topological polar surface area (TPSA) is 85.3 Å². The summed E-state index contributed by atoms with van der Waals surface area (Å²) in [6.45, 7) is 9.91. The van der Waals surface area contributed by atoms with Crippen LogP contribution in [0.25, 0.3) is 0 Å². The van der Waals surface area contributed by atoms with E-state index in [1.807, 2.05) is 26.8 Å². The Bertz CT molecular complexity index is 526. The van der Waals surface area contributed by atoms with Crippen LogP contribution in [0.15, 0.2) is 12.3 Å². The number of esters is 1. The highest BCUT2D eigenvalue weighted by Gasteiger charge is 2.32. The van der Waals surface area contributed by atoms with Crippen molar-refractivity contribution in [2.75, 3.05) is 21.3 Å². The first-order valence-electron chi connectivity index (χ1n) is 11.4. The normalized spacial score (nSPS) is 18.6. The third-order valence-corrected chi connectivity index (χ3v) is 6.08. The molecular formula is C24H45NO6. The predicted molar refractivity (Wildman–Crippen MR) is 122 cm³/mol. The van der Waals surface area contributed by atoms with Gasteiger partial charge in [0.25, 0.3) is 0 Å². The Balaban J connectivity index is 5.30. The van der Waals surface area contributed by atoms with E-state index >= 15 is 0 Å². The highest BCUT2D eigenvalue weighted by atomic mass is 16.5. The van der Waals surface area contributed by atoms with E-state index in [0.717, 1.165) is 12.8 Å². The smallest absolute Gasteiger partial charge is 0.305 e. The molecule has 7 unspecified atom stereocenters. The number of carbonyl (C=O) groups excluding carboxylic acids is 2. The average molecular weight is 444 g/mol. The summed E-state index contributed by atoms with van der Waals surface area (Å²) in [7, 11) is 5.01. The van der Waals surface area contributed by atoms with E-state index in [9.17, 15) is 14.7 Å². The van der Waals surface area contributed by atoms with Gasteiger partial charge in [-0.2, -0.15) is 0 Å². The standard InChI is InChI=1S/C24H45NO6/c1-9-20(27)15-22(29-7)17(3)11-12-21(31-23(28)10-2)19(5)24(30-8)18(4)13-14-25(6)16-26/h13-14,16-22,24,27H,9-12,15H2,1-8H3/b14-13+. The number of carbonyl (C=O) groups is 2. The van der Waals surface area contributed by atoms with E-state index in [2.05, 4.69) is 6.92 Å². The number of hydrogen-bond donors (Lipinski definition) is 1. The van der Waals surface area contributed by atoms with Gasteiger partial charge in [-0.3, -0.25) is 9.59 Å². The van der Waals surface area contributed by atoms with Gasteiger partial charge in [-0.25, -0.2) is 0 Å². The summed E-state index contributed by atoms with van der Waals surface area (Å²) in [4.78, 5) is 24.4. The Morgan fingerprint density at radius 3 is 2.19 bits per heavy atom. The minimum atomic E-state index is -0.380. The fourth-order valence-corrected chi connectivity index (χ4v) is 3.83. The van der Waals surface area contributed by atoms with E-state index < -0.39 is 0 Å². The Kier molecular flexibility index (Phi) is 15.5. The molecule has 0 fully saturated rings. The molecule has 7 nitrogen and oxygen atoms in total. The third kappa shape index (κ3) is 11.1. The van der Waals surface area contributed by atoms with Gasteiger partial charge in [0.05, 0.1) is 18.3 Å². The fourth-order valence-electron chi connectivity index (χ4n) is 3.83. The van der Waals surface area contributed by atoms with Crippen LogP contribution in [-0.4, -0.2) is 68.1 Å². The third-order valence-electron chi connectivity index (χ3n) is 6.08. The van der Waals surface area contributed by atoms with Gasteiger partial charge < -0.3 is 24.2 Å². The van der Waals surface area contributed by atoms with Gasteiger partial charge >= 0.3 is 5.97 Å². The van der Waals surface area contributed by atoms with Gasteiger partial charge in [-0.1, -0.05) is 40.7 Å². The zero-order chi connectivity index (χ0) is 24.0. The quantitative estimate of drug-likeness (QED) is 0.272. The Labute approximate surface area is 189 Å². The predicted octanol–water partition coefficient (Wildman–Crippen LogP) is 3.79. The summed E-state index contributed by atoms with van der Waals surface area (Å²) in [5, 5.41) is 10.0. The second-order valence-corrected chi connectivity index (χ2v) is 8.54. The van der Waals surface area contributed by atoms with E-state index in [1.165, 1.54) is 4.90 Å². The lowest BCUT2D eigenvalue weighted by atomic mass is 9.84. The summed E-state index contributed by atoms with van der Waals surface area (Å²) in [5.41, 5.74) is 0. The largest absolute Gasteiger partial charge is 0.462 e. The lowest BCUT2D eigenvalue weighted by molar-refractivity contribution is -0.155. The first kappa shape index (κ1) is 29.6. The molecular weight excluding hydrogens is 398 g/mol. The molecule has 7 atom stereocenters. The molecule has 1 amide bonds. The van der Waals surface area contributed by atoms with Gasteiger partial charge in [-0.15, -0.1) is 0 Å². The van der Waals surface area contributed by atoms with Crippen LogP contribution in [0.1, 0.15) is 66.7 Å². The Hall–Kier alpha value is -1.44. The summed E-state index contributed by atoms with van der Waals surface area (Å²) in [5.74, 6) is -0.0427. The van der Waals surface area contributed by atoms with Crippen LogP contribution in [0, 0.1) is 17.8 Å². The van der Waals surface area contributed by atoms with Gasteiger partial charge in [0.2, 0.25) is 6.41 Å². The summed E-state index contributed by atoms with van der Waals surface area (Å²) in [6.07, 6.45) is 6.56. The SMILES string of the molecule is CCC(=O)OC(CCC(C)C(CC(O)CC)OC)C(C)C(OC)C(C)/C=C/N(C)C=O. The van der Waals surface area contributed by atoms with Crippen LogP contribution in [-0.2, 0) is 23.8 Å². The van der Waals surface area contributed by atoms with Crippen molar-refractivity contribution in [2.45, 2.75) is 91.1 Å². The van der Waals surface area contributed by atoms with Gasteiger partial charge in [-0.05, 0) is 31.6 Å². The molecule has 0 aliphatic rings.